The molecule has 0 unspecified atom stereocenters. The van der Waals surface area contributed by atoms with Crippen LogP contribution in [-0.2, 0) is 0 Å². The Labute approximate surface area is 132 Å². The van der Waals surface area contributed by atoms with E-state index in [1.807, 2.05) is 4.90 Å². The summed E-state index contributed by atoms with van der Waals surface area (Å²) < 4.78 is 13.6. The third-order valence-corrected chi connectivity index (χ3v) is 3.90. The van der Waals surface area contributed by atoms with Crippen LogP contribution < -0.4 is 4.90 Å². The Morgan fingerprint density at radius 3 is 2.64 bits per heavy atom. The average molecular weight is 321 g/mol. The maximum absolute atomic E-state index is 13.6. The molecule has 0 aliphatic carbocycles. The fraction of sp³-hybridized carbons (Fsp3) is 0.267. The predicted octanol–water partition coefficient (Wildman–Crippen LogP) is 2.23. The van der Waals surface area contributed by atoms with Crippen molar-refractivity contribution in [1.29, 1.82) is 0 Å². The molecule has 0 aromatic carbocycles. The van der Waals surface area contributed by atoms with Gasteiger partial charge in [-0.15, -0.1) is 0 Å². The standard InChI is InChI=1S/C15H14ClFN4O/c16-12-2-1-4-19-14(12)20-6-8-21(9-7-20)15(22)11-3-5-18-10-13(11)17/h1-5,10H,6-9H2. The van der Waals surface area contributed by atoms with Gasteiger partial charge >= 0.3 is 0 Å². The third-order valence-electron chi connectivity index (χ3n) is 3.61. The molecule has 0 radical (unpaired) electrons. The fourth-order valence-corrected chi connectivity index (χ4v) is 2.69. The molecule has 7 heteroatoms. The van der Waals surface area contributed by atoms with Crippen LogP contribution in [0.5, 0.6) is 0 Å². The zero-order valence-electron chi connectivity index (χ0n) is 11.7. The first-order valence-corrected chi connectivity index (χ1v) is 7.29. The molecule has 5 nitrogen and oxygen atoms in total. The summed E-state index contributed by atoms with van der Waals surface area (Å²) in [6.07, 6.45) is 4.16. The first-order chi connectivity index (χ1) is 10.7. The van der Waals surface area contributed by atoms with Gasteiger partial charge in [0.05, 0.1) is 16.8 Å². The van der Waals surface area contributed by atoms with Crippen LogP contribution in [0.25, 0.3) is 0 Å². The van der Waals surface area contributed by atoms with Crippen molar-refractivity contribution in [2.45, 2.75) is 0 Å². The summed E-state index contributed by atoms with van der Waals surface area (Å²) in [7, 11) is 0. The number of halogens is 2. The highest BCUT2D eigenvalue weighted by Gasteiger charge is 2.25. The van der Waals surface area contributed by atoms with Gasteiger partial charge in [0.1, 0.15) is 5.82 Å². The van der Waals surface area contributed by atoms with Crippen molar-refractivity contribution in [2.75, 3.05) is 31.1 Å². The smallest absolute Gasteiger partial charge is 0.257 e. The van der Waals surface area contributed by atoms with E-state index in [0.29, 0.717) is 37.0 Å². The number of hydrogen-bond donors (Lipinski definition) is 0. The number of amides is 1. The van der Waals surface area contributed by atoms with Gasteiger partial charge < -0.3 is 9.80 Å². The van der Waals surface area contributed by atoms with Crippen molar-refractivity contribution in [1.82, 2.24) is 14.9 Å². The van der Waals surface area contributed by atoms with Crippen molar-refractivity contribution in [2.24, 2.45) is 0 Å². The number of aromatic nitrogens is 2. The number of carbonyl (C=O) groups excluding carboxylic acids is 1. The minimum absolute atomic E-state index is 0.0549. The lowest BCUT2D eigenvalue weighted by Crippen LogP contribution is -2.49. The van der Waals surface area contributed by atoms with Crippen molar-refractivity contribution >= 4 is 23.3 Å². The highest BCUT2D eigenvalue weighted by Crippen LogP contribution is 2.23. The van der Waals surface area contributed by atoms with Gasteiger partial charge in [0.2, 0.25) is 0 Å². The summed E-state index contributed by atoms with van der Waals surface area (Å²) in [5, 5.41) is 0.586. The molecule has 1 aliphatic heterocycles. The Kier molecular flexibility index (Phi) is 4.20. The van der Waals surface area contributed by atoms with Gasteiger partial charge in [-0.1, -0.05) is 11.6 Å². The zero-order valence-corrected chi connectivity index (χ0v) is 12.5. The second-order valence-electron chi connectivity index (χ2n) is 4.94. The van der Waals surface area contributed by atoms with Gasteiger partial charge in [-0.25, -0.2) is 9.37 Å². The van der Waals surface area contributed by atoms with Crippen LogP contribution in [0.15, 0.2) is 36.8 Å². The molecule has 0 atom stereocenters. The summed E-state index contributed by atoms with van der Waals surface area (Å²) in [4.78, 5) is 23.9. The second kappa shape index (κ2) is 6.27. The van der Waals surface area contributed by atoms with Gasteiger partial charge in [0, 0.05) is 38.6 Å². The minimum atomic E-state index is -0.595. The summed E-state index contributed by atoms with van der Waals surface area (Å²) in [5.74, 6) is -0.194. The number of nitrogens with zero attached hydrogens (tertiary/aromatic N) is 4. The van der Waals surface area contributed by atoms with E-state index in [1.54, 1.807) is 23.2 Å². The van der Waals surface area contributed by atoms with Crippen LogP contribution in [0.3, 0.4) is 0 Å². The molecule has 1 amide bonds. The monoisotopic (exact) mass is 320 g/mol. The molecule has 0 saturated carbocycles. The Morgan fingerprint density at radius 1 is 1.18 bits per heavy atom. The maximum Gasteiger partial charge on any atom is 0.257 e. The summed E-state index contributed by atoms with van der Waals surface area (Å²) in [6.45, 7) is 2.20. The van der Waals surface area contributed by atoms with Crippen molar-refractivity contribution in [3.8, 4) is 0 Å². The average Bonchev–Trinajstić information content (AvgIpc) is 2.55. The third kappa shape index (κ3) is 2.87. The van der Waals surface area contributed by atoms with Gasteiger partial charge in [-0.05, 0) is 18.2 Å². The molecule has 0 bridgehead atoms. The summed E-state index contributed by atoms with van der Waals surface area (Å²) >= 11 is 6.13. The van der Waals surface area contributed by atoms with E-state index in [4.69, 9.17) is 11.6 Å². The lowest BCUT2D eigenvalue weighted by Gasteiger charge is -2.35. The van der Waals surface area contributed by atoms with Gasteiger partial charge in [0.25, 0.3) is 5.91 Å². The molecule has 22 heavy (non-hydrogen) atoms. The van der Waals surface area contributed by atoms with Crippen molar-refractivity contribution in [3.05, 3.63) is 53.2 Å². The van der Waals surface area contributed by atoms with Crippen LogP contribution in [0.2, 0.25) is 5.02 Å². The van der Waals surface area contributed by atoms with Crippen LogP contribution in [0.1, 0.15) is 10.4 Å². The Hall–Kier alpha value is -2.21. The first-order valence-electron chi connectivity index (χ1n) is 6.91. The topological polar surface area (TPSA) is 49.3 Å². The van der Waals surface area contributed by atoms with Crippen molar-refractivity contribution < 1.29 is 9.18 Å². The SMILES string of the molecule is O=C(c1ccncc1F)N1CCN(c2ncccc2Cl)CC1. The van der Waals surface area contributed by atoms with E-state index in [9.17, 15) is 9.18 Å². The van der Waals surface area contributed by atoms with E-state index < -0.39 is 5.82 Å². The molecule has 1 saturated heterocycles. The molecular weight excluding hydrogens is 307 g/mol. The van der Waals surface area contributed by atoms with Crippen LogP contribution >= 0.6 is 11.6 Å². The largest absolute Gasteiger partial charge is 0.352 e. The van der Waals surface area contributed by atoms with Gasteiger partial charge in [-0.2, -0.15) is 0 Å². The number of pyridine rings is 2. The molecule has 0 spiro atoms. The molecular formula is C15H14ClFN4O. The number of piperazine rings is 1. The summed E-state index contributed by atoms with van der Waals surface area (Å²) in [6, 6.07) is 4.96. The predicted molar refractivity (Wildman–Crippen MR) is 81.6 cm³/mol. The molecule has 3 heterocycles. The molecule has 1 aliphatic rings. The second-order valence-corrected chi connectivity index (χ2v) is 5.35. The number of hydrogen-bond acceptors (Lipinski definition) is 4. The number of rotatable bonds is 2. The molecule has 0 N–H and O–H groups in total. The zero-order chi connectivity index (χ0) is 15.5. The van der Waals surface area contributed by atoms with Gasteiger partial charge in [-0.3, -0.25) is 9.78 Å². The molecule has 114 valence electrons. The summed E-state index contributed by atoms with van der Waals surface area (Å²) in [5.41, 5.74) is 0.0549. The van der Waals surface area contributed by atoms with E-state index >= 15 is 0 Å². The number of carbonyl (C=O) groups is 1. The van der Waals surface area contributed by atoms with E-state index in [0.717, 1.165) is 6.20 Å². The van der Waals surface area contributed by atoms with E-state index in [2.05, 4.69) is 9.97 Å². The first kappa shape index (κ1) is 14.7. The molecule has 2 aromatic heterocycles. The lowest BCUT2D eigenvalue weighted by atomic mass is 10.2. The fourth-order valence-electron chi connectivity index (χ4n) is 2.45. The van der Waals surface area contributed by atoms with E-state index in [-0.39, 0.29) is 11.5 Å². The van der Waals surface area contributed by atoms with Crippen LogP contribution in [0, 0.1) is 5.82 Å². The maximum atomic E-state index is 13.6. The quantitative estimate of drug-likeness (QED) is 0.851. The van der Waals surface area contributed by atoms with Crippen molar-refractivity contribution in [3.63, 3.8) is 0 Å². The Morgan fingerprint density at radius 2 is 1.95 bits per heavy atom. The van der Waals surface area contributed by atoms with E-state index in [1.165, 1.54) is 12.3 Å². The highest BCUT2D eigenvalue weighted by molar-refractivity contribution is 6.32. The van der Waals surface area contributed by atoms with Crippen LogP contribution in [-0.4, -0.2) is 47.0 Å². The highest BCUT2D eigenvalue weighted by atomic mass is 35.5. The molecule has 3 rings (SSSR count). The Bertz CT molecular complexity index is 689. The Balaban J connectivity index is 1.68. The van der Waals surface area contributed by atoms with Gasteiger partial charge in [0.15, 0.2) is 5.82 Å². The molecule has 2 aromatic rings. The number of anilines is 1. The van der Waals surface area contributed by atoms with Crippen LogP contribution in [0.4, 0.5) is 10.2 Å². The molecule has 1 fully saturated rings. The normalized spacial score (nSPS) is 15.0. The lowest BCUT2D eigenvalue weighted by molar-refractivity contribution is 0.0741. The minimum Gasteiger partial charge on any atom is -0.352 e.